The van der Waals surface area contributed by atoms with Gasteiger partial charge in [-0.1, -0.05) is 35.3 Å². The second-order valence-corrected chi connectivity index (χ2v) is 9.44. The minimum Gasteiger partial charge on any atom is -0.479 e. The number of nitrogens with zero attached hydrogens (tertiary/aromatic N) is 2. The number of carboxylic acid groups (broad SMARTS) is 1. The van der Waals surface area contributed by atoms with Crippen LogP contribution in [0.1, 0.15) is 15.9 Å². The minimum absolute atomic E-state index is 0.244. The van der Waals surface area contributed by atoms with Gasteiger partial charge in [-0.15, -0.1) is 13.2 Å². The van der Waals surface area contributed by atoms with E-state index in [9.17, 15) is 27.9 Å². The van der Waals surface area contributed by atoms with Crippen molar-refractivity contribution < 1.29 is 37.7 Å². The van der Waals surface area contributed by atoms with E-state index in [1.165, 1.54) is 36.4 Å². The lowest BCUT2D eigenvalue weighted by Gasteiger charge is -2.10. The molecule has 0 aliphatic heterocycles. The SMILES string of the molecule is O=C(NCC(O)C(=O)O)c1ccc(Cn2nc(-c3ccc(OC(F)(F)F)cc3)cc2-c2cc(Cl)cc(Cl)c2)cc1. The van der Waals surface area contributed by atoms with Crippen molar-refractivity contribution in [3.05, 3.63) is 94.0 Å². The van der Waals surface area contributed by atoms with Gasteiger partial charge >= 0.3 is 12.3 Å². The molecule has 0 aliphatic carbocycles. The molecule has 0 bridgehead atoms. The first kappa shape index (κ1) is 28.9. The highest BCUT2D eigenvalue weighted by atomic mass is 35.5. The number of benzene rings is 3. The molecular formula is C27H20Cl2F3N3O5. The number of carboxylic acids is 1. The Balaban J connectivity index is 1.61. The molecule has 1 amide bonds. The second-order valence-electron chi connectivity index (χ2n) is 8.56. The van der Waals surface area contributed by atoms with Crippen LogP contribution >= 0.6 is 23.2 Å². The first-order valence-electron chi connectivity index (χ1n) is 11.6. The summed E-state index contributed by atoms with van der Waals surface area (Å²) in [5, 5.41) is 25.9. The maximum absolute atomic E-state index is 12.5. The topological polar surface area (TPSA) is 114 Å². The molecule has 1 atom stereocenters. The van der Waals surface area contributed by atoms with Gasteiger partial charge in [0.05, 0.1) is 24.5 Å². The molecule has 3 aromatic carbocycles. The maximum atomic E-state index is 12.5. The minimum atomic E-state index is -4.81. The van der Waals surface area contributed by atoms with E-state index in [0.717, 1.165) is 5.56 Å². The Bertz CT molecular complexity index is 1500. The van der Waals surface area contributed by atoms with E-state index in [1.54, 1.807) is 41.1 Å². The zero-order valence-electron chi connectivity index (χ0n) is 20.3. The highest BCUT2D eigenvalue weighted by molar-refractivity contribution is 6.35. The third-order valence-electron chi connectivity index (χ3n) is 5.61. The summed E-state index contributed by atoms with van der Waals surface area (Å²) in [6.45, 7) is -0.199. The first-order valence-corrected chi connectivity index (χ1v) is 12.3. The van der Waals surface area contributed by atoms with Crippen LogP contribution in [-0.2, 0) is 11.3 Å². The Kier molecular flexibility index (Phi) is 8.67. The number of nitrogens with one attached hydrogen (secondary N) is 1. The molecule has 1 heterocycles. The summed E-state index contributed by atoms with van der Waals surface area (Å²) >= 11 is 12.4. The number of hydrogen-bond donors (Lipinski definition) is 3. The van der Waals surface area contributed by atoms with Crippen molar-refractivity contribution in [1.82, 2.24) is 15.1 Å². The Hall–Kier alpha value is -4.06. The van der Waals surface area contributed by atoms with Crippen LogP contribution < -0.4 is 10.1 Å². The van der Waals surface area contributed by atoms with E-state index in [4.69, 9.17) is 28.3 Å². The fraction of sp³-hybridized carbons (Fsp3) is 0.148. The van der Waals surface area contributed by atoms with Crippen LogP contribution in [0.3, 0.4) is 0 Å². The van der Waals surface area contributed by atoms with Gasteiger partial charge in [0.15, 0.2) is 6.10 Å². The molecule has 0 fully saturated rings. The van der Waals surface area contributed by atoms with E-state index >= 15 is 0 Å². The van der Waals surface area contributed by atoms with Crippen LogP contribution in [-0.4, -0.2) is 50.9 Å². The lowest BCUT2D eigenvalue weighted by atomic mass is 10.1. The van der Waals surface area contributed by atoms with E-state index in [2.05, 4.69) is 15.2 Å². The Morgan fingerprint density at radius 3 is 2.15 bits per heavy atom. The predicted octanol–water partition coefficient (Wildman–Crippen LogP) is 5.65. The van der Waals surface area contributed by atoms with Crippen LogP contribution in [0.5, 0.6) is 5.75 Å². The number of ether oxygens (including phenoxy) is 1. The fourth-order valence-corrected chi connectivity index (χ4v) is 4.28. The largest absolute Gasteiger partial charge is 0.573 e. The molecule has 208 valence electrons. The molecule has 4 aromatic rings. The molecule has 0 saturated carbocycles. The van der Waals surface area contributed by atoms with Gasteiger partial charge in [-0.2, -0.15) is 5.10 Å². The predicted molar refractivity (Wildman–Crippen MR) is 141 cm³/mol. The van der Waals surface area contributed by atoms with Crippen molar-refractivity contribution in [1.29, 1.82) is 0 Å². The van der Waals surface area contributed by atoms with Gasteiger partial charge in [-0.3, -0.25) is 9.48 Å². The van der Waals surface area contributed by atoms with Crippen molar-refractivity contribution in [3.8, 4) is 28.3 Å². The number of rotatable bonds is 9. The molecule has 8 nitrogen and oxygen atoms in total. The van der Waals surface area contributed by atoms with E-state index in [1.807, 2.05) is 0 Å². The molecule has 40 heavy (non-hydrogen) atoms. The molecule has 3 N–H and O–H groups in total. The van der Waals surface area contributed by atoms with E-state index in [0.29, 0.717) is 32.6 Å². The van der Waals surface area contributed by atoms with Gasteiger partial charge in [0, 0.05) is 26.7 Å². The van der Waals surface area contributed by atoms with Crippen molar-refractivity contribution >= 4 is 35.1 Å². The molecule has 0 spiro atoms. The summed E-state index contributed by atoms with van der Waals surface area (Å²) in [6.07, 6.45) is -6.53. The number of aromatic nitrogens is 2. The number of halogens is 5. The molecule has 1 unspecified atom stereocenters. The summed E-state index contributed by atoms with van der Waals surface area (Å²) in [5.41, 5.74) is 3.29. The smallest absolute Gasteiger partial charge is 0.479 e. The number of alkyl halides is 3. The Morgan fingerprint density at radius 1 is 0.950 bits per heavy atom. The van der Waals surface area contributed by atoms with Gasteiger partial charge in [0.25, 0.3) is 5.91 Å². The monoisotopic (exact) mass is 593 g/mol. The van der Waals surface area contributed by atoms with Crippen LogP contribution in [0.4, 0.5) is 13.2 Å². The van der Waals surface area contributed by atoms with E-state index in [-0.39, 0.29) is 17.9 Å². The quantitative estimate of drug-likeness (QED) is 0.231. The Morgan fingerprint density at radius 2 is 1.57 bits per heavy atom. The molecule has 0 radical (unpaired) electrons. The number of aliphatic carboxylic acids is 1. The van der Waals surface area contributed by atoms with Crippen molar-refractivity contribution in [2.45, 2.75) is 19.0 Å². The highest BCUT2D eigenvalue weighted by Gasteiger charge is 2.31. The van der Waals surface area contributed by atoms with Crippen molar-refractivity contribution in [3.63, 3.8) is 0 Å². The number of carbonyl (C=O) groups excluding carboxylic acids is 1. The van der Waals surface area contributed by atoms with Gasteiger partial charge in [0.2, 0.25) is 0 Å². The maximum Gasteiger partial charge on any atom is 0.573 e. The average molecular weight is 594 g/mol. The first-order chi connectivity index (χ1) is 18.9. The van der Waals surface area contributed by atoms with E-state index < -0.39 is 30.9 Å². The number of hydrogen-bond acceptors (Lipinski definition) is 5. The zero-order valence-corrected chi connectivity index (χ0v) is 21.8. The standard InChI is InChI=1S/C27H20Cl2F3N3O5/c28-19-9-18(10-20(29)11-19)23-12-22(16-5-7-21(8-6-16)40-27(30,31)32)34-35(23)14-15-1-3-17(4-2-15)25(37)33-13-24(36)26(38)39/h1-12,24,36H,13-14H2,(H,33,37)(H,38,39). The zero-order chi connectivity index (χ0) is 29.0. The third-order valence-corrected chi connectivity index (χ3v) is 6.05. The highest BCUT2D eigenvalue weighted by Crippen LogP contribution is 2.32. The van der Waals surface area contributed by atoms with Crippen molar-refractivity contribution in [2.75, 3.05) is 6.54 Å². The van der Waals surface area contributed by atoms with Crippen LogP contribution in [0.25, 0.3) is 22.5 Å². The molecule has 1 aromatic heterocycles. The molecule has 13 heteroatoms. The summed E-state index contributed by atoms with van der Waals surface area (Å²) in [4.78, 5) is 23.0. The summed E-state index contributed by atoms with van der Waals surface area (Å²) in [5.74, 6) is -2.36. The lowest BCUT2D eigenvalue weighted by Crippen LogP contribution is -2.36. The third kappa shape index (κ3) is 7.53. The lowest BCUT2D eigenvalue weighted by molar-refractivity contribution is -0.274. The van der Waals surface area contributed by atoms with Crippen LogP contribution in [0.15, 0.2) is 72.8 Å². The van der Waals surface area contributed by atoms with Gasteiger partial charge in [-0.05, 0) is 66.2 Å². The second kappa shape index (κ2) is 12.0. The molecule has 0 saturated heterocycles. The number of carbonyl (C=O) groups is 2. The number of amides is 1. The summed E-state index contributed by atoms with van der Waals surface area (Å²) in [7, 11) is 0. The number of aliphatic hydroxyl groups excluding tert-OH is 1. The van der Waals surface area contributed by atoms with Gasteiger partial charge in [-0.25, -0.2) is 4.79 Å². The summed E-state index contributed by atoms with van der Waals surface area (Å²) < 4.78 is 43.2. The molecule has 4 rings (SSSR count). The van der Waals surface area contributed by atoms with Crippen LogP contribution in [0, 0.1) is 0 Å². The average Bonchev–Trinajstić information content (AvgIpc) is 3.30. The summed E-state index contributed by atoms with van der Waals surface area (Å²) in [6, 6.07) is 18.5. The fourth-order valence-electron chi connectivity index (χ4n) is 3.75. The molecule has 0 aliphatic rings. The normalized spacial score (nSPS) is 12.2. The van der Waals surface area contributed by atoms with Gasteiger partial charge in [0.1, 0.15) is 5.75 Å². The molecular weight excluding hydrogens is 574 g/mol. The Labute approximate surface area is 235 Å². The van der Waals surface area contributed by atoms with Gasteiger partial charge < -0.3 is 20.3 Å². The number of aliphatic hydroxyl groups is 1. The van der Waals surface area contributed by atoms with Crippen molar-refractivity contribution in [2.24, 2.45) is 0 Å². The van der Waals surface area contributed by atoms with Crippen LogP contribution in [0.2, 0.25) is 10.0 Å².